The van der Waals surface area contributed by atoms with E-state index < -0.39 is 11.6 Å². The molecular formula is C12H15F2NO. The lowest BCUT2D eigenvalue weighted by Gasteiger charge is -2.25. The molecule has 0 atom stereocenters. The van der Waals surface area contributed by atoms with Gasteiger partial charge in [-0.25, -0.2) is 8.78 Å². The first kappa shape index (κ1) is 11.5. The highest BCUT2D eigenvalue weighted by molar-refractivity contribution is 5.16. The number of hydroxylamine groups is 2. The molecule has 1 heterocycles. The summed E-state index contributed by atoms with van der Waals surface area (Å²) in [7, 11) is 0. The van der Waals surface area contributed by atoms with Crippen LogP contribution in [0.5, 0.6) is 0 Å². The van der Waals surface area contributed by atoms with Crippen LogP contribution < -0.4 is 0 Å². The molecule has 0 aliphatic carbocycles. The van der Waals surface area contributed by atoms with Crippen LogP contribution in [0.25, 0.3) is 0 Å². The van der Waals surface area contributed by atoms with Crippen molar-refractivity contribution < 1.29 is 13.6 Å². The van der Waals surface area contributed by atoms with E-state index in [1.54, 1.807) is 0 Å². The smallest absolute Gasteiger partial charge is 0.126 e. The van der Waals surface area contributed by atoms with Crippen LogP contribution in [0.4, 0.5) is 8.78 Å². The number of piperidine rings is 1. The van der Waals surface area contributed by atoms with Crippen LogP contribution >= 0.6 is 0 Å². The number of nitrogens with zero attached hydrogens (tertiary/aromatic N) is 1. The van der Waals surface area contributed by atoms with Gasteiger partial charge in [0.15, 0.2) is 0 Å². The largest absolute Gasteiger partial charge is 0.294 e. The Hall–Kier alpha value is -1.00. The fourth-order valence-electron chi connectivity index (χ4n) is 1.85. The first-order valence-electron chi connectivity index (χ1n) is 5.57. The highest BCUT2D eigenvalue weighted by Crippen LogP contribution is 2.13. The third kappa shape index (κ3) is 3.25. The zero-order valence-corrected chi connectivity index (χ0v) is 9.09. The van der Waals surface area contributed by atoms with E-state index in [-0.39, 0.29) is 6.61 Å². The molecule has 0 N–H and O–H groups in total. The summed E-state index contributed by atoms with van der Waals surface area (Å²) < 4.78 is 25.8. The van der Waals surface area contributed by atoms with Crippen LogP contribution in [0.15, 0.2) is 18.2 Å². The minimum atomic E-state index is -0.558. The fourth-order valence-corrected chi connectivity index (χ4v) is 1.85. The normalized spacial score (nSPS) is 17.6. The van der Waals surface area contributed by atoms with E-state index in [2.05, 4.69) is 0 Å². The average molecular weight is 227 g/mol. The maximum Gasteiger partial charge on any atom is 0.126 e. The number of hydrogen-bond acceptors (Lipinski definition) is 2. The van der Waals surface area contributed by atoms with Crippen LogP contribution in [-0.4, -0.2) is 18.2 Å². The quantitative estimate of drug-likeness (QED) is 0.787. The summed E-state index contributed by atoms with van der Waals surface area (Å²) >= 11 is 0. The van der Waals surface area contributed by atoms with Crippen molar-refractivity contribution in [1.29, 1.82) is 0 Å². The van der Waals surface area contributed by atoms with Gasteiger partial charge in [0.2, 0.25) is 0 Å². The van der Waals surface area contributed by atoms with Crippen LogP contribution in [0, 0.1) is 11.6 Å². The Kier molecular flexibility index (Phi) is 3.85. The molecule has 1 aliphatic rings. The minimum Gasteiger partial charge on any atom is -0.294 e. The molecule has 2 nitrogen and oxygen atoms in total. The molecular weight excluding hydrogens is 212 g/mol. The maximum atomic E-state index is 12.9. The number of halogens is 2. The zero-order valence-electron chi connectivity index (χ0n) is 9.09. The van der Waals surface area contributed by atoms with Crippen molar-refractivity contribution in [3.63, 3.8) is 0 Å². The second-order valence-corrected chi connectivity index (χ2v) is 4.04. The van der Waals surface area contributed by atoms with E-state index in [1.165, 1.54) is 18.6 Å². The van der Waals surface area contributed by atoms with E-state index in [1.807, 2.05) is 5.06 Å². The summed E-state index contributed by atoms with van der Waals surface area (Å²) in [6.45, 7) is 2.03. The molecule has 16 heavy (non-hydrogen) atoms. The first-order chi connectivity index (χ1) is 7.74. The van der Waals surface area contributed by atoms with Crippen molar-refractivity contribution in [2.45, 2.75) is 25.9 Å². The van der Waals surface area contributed by atoms with Crippen LogP contribution in [0.3, 0.4) is 0 Å². The lowest BCUT2D eigenvalue weighted by Crippen LogP contribution is -2.29. The van der Waals surface area contributed by atoms with E-state index in [0.29, 0.717) is 5.56 Å². The van der Waals surface area contributed by atoms with Gasteiger partial charge < -0.3 is 0 Å². The monoisotopic (exact) mass is 227 g/mol. The summed E-state index contributed by atoms with van der Waals surface area (Å²) in [6, 6.07) is 3.46. The SMILES string of the molecule is Fc1cc(F)cc(CON2CCCCC2)c1. The van der Waals surface area contributed by atoms with Crippen molar-refractivity contribution >= 4 is 0 Å². The molecule has 2 rings (SSSR count). The molecule has 4 heteroatoms. The van der Waals surface area contributed by atoms with E-state index >= 15 is 0 Å². The average Bonchev–Trinajstić information content (AvgIpc) is 2.27. The summed E-state index contributed by atoms with van der Waals surface area (Å²) in [5.74, 6) is -1.12. The standard InChI is InChI=1S/C12H15F2NO/c13-11-6-10(7-12(14)8-11)9-16-15-4-2-1-3-5-15/h6-8H,1-5,9H2. The molecule has 0 saturated carbocycles. The summed E-state index contributed by atoms with van der Waals surface area (Å²) in [6.07, 6.45) is 3.48. The van der Waals surface area contributed by atoms with Gasteiger partial charge in [-0.15, -0.1) is 0 Å². The Labute approximate surface area is 93.8 Å². The molecule has 0 spiro atoms. The molecule has 0 aromatic heterocycles. The molecule has 1 saturated heterocycles. The second-order valence-electron chi connectivity index (χ2n) is 4.04. The molecule has 1 aromatic carbocycles. The van der Waals surface area contributed by atoms with Crippen molar-refractivity contribution in [3.8, 4) is 0 Å². The minimum absolute atomic E-state index is 0.231. The Balaban J connectivity index is 1.88. The van der Waals surface area contributed by atoms with Crippen LogP contribution in [0.1, 0.15) is 24.8 Å². The molecule has 1 fully saturated rings. The van der Waals surface area contributed by atoms with Crippen molar-refractivity contribution in [1.82, 2.24) is 5.06 Å². The van der Waals surface area contributed by atoms with Gasteiger partial charge in [0.05, 0.1) is 6.61 Å². The zero-order chi connectivity index (χ0) is 11.4. The Bertz CT molecular complexity index is 331. The van der Waals surface area contributed by atoms with Gasteiger partial charge in [0.1, 0.15) is 11.6 Å². The van der Waals surface area contributed by atoms with E-state index in [4.69, 9.17) is 4.84 Å². The Morgan fingerprint density at radius 2 is 1.62 bits per heavy atom. The number of rotatable bonds is 3. The number of benzene rings is 1. The topological polar surface area (TPSA) is 12.5 Å². The summed E-state index contributed by atoms with van der Waals surface area (Å²) in [5, 5.41) is 1.87. The summed E-state index contributed by atoms with van der Waals surface area (Å²) in [4.78, 5) is 5.48. The lowest BCUT2D eigenvalue weighted by atomic mass is 10.2. The molecule has 0 amide bonds. The third-order valence-corrected chi connectivity index (χ3v) is 2.65. The maximum absolute atomic E-state index is 12.9. The predicted octanol–water partition coefficient (Wildman–Crippen LogP) is 2.88. The van der Waals surface area contributed by atoms with E-state index in [0.717, 1.165) is 32.0 Å². The van der Waals surface area contributed by atoms with Gasteiger partial charge >= 0.3 is 0 Å². The van der Waals surface area contributed by atoms with Gasteiger partial charge in [-0.05, 0) is 30.5 Å². The third-order valence-electron chi connectivity index (χ3n) is 2.65. The summed E-state index contributed by atoms with van der Waals surface area (Å²) in [5.41, 5.74) is 0.531. The fraction of sp³-hybridized carbons (Fsp3) is 0.500. The molecule has 0 unspecified atom stereocenters. The van der Waals surface area contributed by atoms with E-state index in [9.17, 15) is 8.78 Å². The molecule has 88 valence electrons. The van der Waals surface area contributed by atoms with Crippen LogP contribution in [-0.2, 0) is 11.4 Å². The van der Waals surface area contributed by atoms with Crippen molar-refractivity contribution in [2.24, 2.45) is 0 Å². The van der Waals surface area contributed by atoms with Crippen molar-refractivity contribution in [3.05, 3.63) is 35.4 Å². The Morgan fingerprint density at radius 3 is 2.25 bits per heavy atom. The van der Waals surface area contributed by atoms with Gasteiger partial charge in [-0.2, -0.15) is 5.06 Å². The molecule has 0 bridgehead atoms. The first-order valence-corrected chi connectivity index (χ1v) is 5.57. The highest BCUT2D eigenvalue weighted by atomic mass is 19.1. The molecule has 1 aromatic rings. The van der Waals surface area contributed by atoms with Crippen LogP contribution in [0.2, 0.25) is 0 Å². The molecule has 1 aliphatic heterocycles. The van der Waals surface area contributed by atoms with Gasteiger partial charge in [0, 0.05) is 19.2 Å². The number of hydrogen-bond donors (Lipinski definition) is 0. The predicted molar refractivity (Wildman–Crippen MR) is 56.6 cm³/mol. The van der Waals surface area contributed by atoms with Gasteiger partial charge in [-0.1, -0.05) is 6.42 Å². The molecule has 0 radical (unpaired) electrons. The van der Waals surface area contributed by atoms with Crippen molar-refractivity contribution in [2.75, 3.05) is 13.1 Å². The Morgan fingerprint density at radius 1 is 1.00 bits per heavy atom. The van der Waals surface area contributed by atoms with Gasteiger partial charge in [0.25, 0.3) is 0 Å². The van der Waals surface area contributed by atoms with Gasteiger partial charge in [-0.3, -0.25) is 4.84 Å². The lowest BCUT2D eigenvalue weighted by molar-refractivity contribution is -0.178. The highest BCUT2D eigenvalue weighted by Gasteiger charge is 2.10. The second kappa shape index (κ2) is 5.37.